The van der Waals surface area contributed by atoms with Crippen LogP contribution in [0.25, 0.3) is 0 Å². The number of aryl methyl sites for hydroxylation is 4. The molecular weight excluding hydrogens is 444 g/mol. The van der Waals surface area contributed by atoms with Crippen molar-refractivity contribution < 1.29 is 21.9 Å². The lowest BCUT2D eigenvalue weighted by Gasteiger charge is -2.38. The number of hydrogen-bond acceptors (Lipinski definition) is 3. The number of sulfonamides is 1. The number of nitrogens with zero attached hydrogens (tertiary/aromatic N) is 1. The summed E-state index contributed by atoms with van der Waals surface area (Å²) in [6.07, 6.45) is 1.91. The maximum Gasteiger partial charge on any atom is 0.264 e. The van der Waals surface area contributed by atoms with E-state index in [1.165, 1.54) is 29.6 Å². The fraction of sp³-hybridized carbons (Fsp3) is 0.308. The van der Waals surface area contributed by atoms with Crippen molar-refractivity contribution >= 4 is 15.7 Å². The molecule has 0 aromatic heterocycles. The molecule has 0 N–H and O–H groups in total. The minimum absolute atomic E-state index is 0.197. The van der Waals surface area contributed by atoms with Crippen LogP contribution in [0.4, 0.5) is 14.5 Å². The molecule has 1 unspecified atom stereocenters. The molecular formula is C26H27F2NO3S. The molecule has 1 atom stereocenters. The predicted molar refractivity (Wildman–Crippen MR) is 125 cm³/mol. The van der Waals surface area contributed by atoms with Gasteiger partial charge >= 0.3 is 0 Å². The van der Waals surface area contributed by atoms with E-state index < -0.39 is 21.9 Å². The van der Waals surface area contributed by atoms with Crippen LogP contribution in [0.5, 0.6) is 5.75 Å². The Morgan fingerprint density at radius 3 is 2.55 bits per heavy atom. The number of fused-ring (bicyclic) bond motifs is 1. The van der Waals surface area contributed by atoms with Crippen LogP contribution in [-0.2, 0) is 22.9 Å². The number of benzene rings is 3. The minimum atomic E-state index is -3.97. The molecule has 4 nitrogen and oxygen atoms in total. The zero-order valence-corrected chi connectivity index (χ0v) is 19.8. The fourth-order valence-corrected chi connectivity index (χ4v) is 6.51. The van der Waals surface area contributed by atoms with E-state index in [1.54, 1.807) is 37.3 Å². The summed E-state index contributed by atoms with van der Waals surface area (Å²) in [6, 6.07) is 13.6. The van der Waals surface area contributed by atoms with Crippen molar-refractivity contribution in [2.24, 2.45) is 0 Å². The van der Waals surface area contributed by atoms with E-state index in [9.17, 15) is 17.2 Å². The highest BCUT2D eigenvalue weighted by molar-refractivity contribution is 7.93. The number of methoxy groups -OCH3 is 1. The van der Waals surface area contributed by atoms with Gasteiger partial charge in [0.1, 0.15) is 17.4 Å². The fourth-order valence-electron chi connectivity index (χ4n) is 4.56. The van der Waals surface area contributed by atoms with Crippen LogP contribution >= 0.6 is 0 Å². The standard InChI is InChI=1S/C26H27F2NO3S/c1-17-4-13-26(18(2)14-17)33(30,31)29-22(9-6-19-5-8-21(27)16-25(19)29)10-7-20-15-23(32-3)11-12-24(20)28/h4-5,8,11-16,22H,6-7,9-10H2,1-3H3. The van der Waals surface area contributed by atoms with Gasteiger partial charge in [-0.05, 0) is 92.6 Å². The van der Waals surface area contributed by atoms with Crippen LogP contribution in [0.3, 0.4) is 0 Å². The van der Waals surface area contributed by atoms with Crippen LogP contribution in [0.1, 0.15) is 35.1 Å². The number of hydrogen-bond donors (Lipinski definition) is 0. The molecule has 7 heteroatoms. The third kappa shape index (κ3) is 4.60. The average molecular weight is 472 g/mol. The van der Waals surface area contributed by atoms with E-state index >= 15 is 0 Å². The van der Waals surface area contributed by atoms with Crippen molar-refractivity contribution in [1.29, 1.82) is 0 Å². The lowest BCUT2D eigenvalue weighted by molar-refractivity contribution is 0.412. The number of anilines is 1. The zero-order chi connectivity index (χ0) is 23.8. The first-order valence-corrected chi connectivity index (χ1v) is 12.4. The Morgan fingerprint density at radius 2 is 1.82 bits per heavy atom. The highest BCUT2D eigenvalue weighted by atomic mass is 32.2. The van der Waals surface area contributed by atoms with E-state index in [1.807, 2.05) is 13.0 Å². The molecule has 0 saturated heterocycles. The average Bonchev–Trinajstić information content (AvgIpc) is 2.77. The Balaban J connectivity index is 1.75. The third-order valence-electron chi connectivity index (χ3n) is 6.23. The summed E-state index contributed by atoms with van der Waals surface area (Å²) in [4.78, 5) is 0.197. The van der Waals surface area contributed by atoms with Gasteiger partial charge in [-0.2, -0.15) is 0 Å². The normalized spacial score (nSPS) is 15.9. The van der Waals surface area contributed by atoms with E-state index in [0.717, 1.165) is 11.1 Å². The second-order valence-electron chi connectivity index (χ2n) is 8.53. The highest BCUT2D eigenvalue weighted by Gasteiger charge is 2.37. The van der Waals surface area contributed by atoms with Gasteiger partial charge in [-0.15, -0.1) is 0 Å². The molecule has 0 radical (unpaired) electrons. The summed E-state index contributed by atoms with van der Waals surface area (Å²) in [5.74, 6) is -0.307. The smallest absolute Gasteiger partial charge is 0.264 e. The molecule has 0 amide bonds. The molecule has 3 aromatic carbocycles. The quantitative estimate of drug-likeness (QED) is 0.461. The minimum Gasteiger partial charge on any atom is -0.497 e. The van der Waals surface area contributed by atoms with E-state index in [0.29, 0.717) is 48.2 Å². The second kappa shape index (κ2) is 9.14. The summed E-state index contributed by atoms with van der Waals surface area (Å²) in [5, 5.41) is 0. The topological polar surface area (TPSA) is 46.6 Å². The SMILES string of the molecule is COc1ccc(F)c(CCC2CCc3ccc(F)cc3N2S(=O)(=O)c2ccc(C)cc2C)c1. The Labute approximate surface area is 193 Å². The first-order valence-electron chi connectivity index (χ1n) is 10.9. The lowest BCUT2D eigenvalue weighted by atomic mass is 9.94. The Bertz CT molecular complexity index is 1290. The van der Waals surface area contributed by atoms with Gasteiger partial charge in [0.2, 0.25) is 0 Å². The number of halogens is 2. The summed E-state index contributed by atoms with van der Waals surface area (Å²) >= 11 is 0. The summed E-state index contributed by atoms with van der Waals surface area (Å²) in [5.41, 5.74) is 3.20. The molecule has 0 saturated carbocycles. The van der Waals surface area contributed by atoms with E-state index in [-0.39, 0.29) is 10.7 Å². The van der Waals surface area contributed by atoms with Gasteiger partial charge < -0.3 is 4.74 Å². The molecule has 1 heterocycles. The van der Waals surface area contributed by atoms with Crippen molar-refractivity contribution in [3.05, 3.63) is 88.5 Å². The summed E-state index contributed by atoms with van der Waals surface area (Å²) in [7, 11) is -2.45. The summed E-state index contributed by atoms with van der Waals surface area (Å²) in [6.45, 7) is 3.66. The van der Waals surface area contributed by atoms with Crippen molar-refractivity contribution in [1.82, 2.24) is 0 Å². The largest absolute Gasteiger partial charge is 0.497 e. The molecule has 0 aliphatic carbocycles. The molecule has 0 fully saturated rings. The lowest BCUT2D eigenvalue weighted by Crippen LogP contribution is -2.44. The van der Waals surface area contributed by atoms with Gasteiger partial charge in [-0.3, -0.25) is 4.31 Å². The maximum atomic E-state index is 14.4. The third-order valence-corrected chi connectivity index (χ3v) is 8.26. The molecule has 1 aliphatic heterocycles. The van der Waals surface area contributed by atoms with Gasteiger partial charge in [-0.25, -0.2) is 17.2 Å². The van der Waals surface area contributed by atoms with Crippen molar-refractivity contribution in [2.75, 3.05) is 11.4 Å². The number of ether oxygens (including phenoxy) is 1. The Morgan fingerprint density at radius 1 is 1.03 bits per heavy atom. The molecule has 33 heavy (non-hydrogen) atoms. The first kappa shape index (κ1) is 23.2. The van der Waals surface area contributed by atoms with Gasteiger partial charge in [0.25, 0.3) is 10.0 Å². The Hall–Kier alpha value is -2.93. The molecule has 0 bridgehead atoms. The molecule has 1 aliphatic rings. The predicted octanol–water partition coefficient (Wildman–Crippen LogP) is 5.73. The Kier molecular flexibility index (Phi) is 6.43. The monoisotopic (exact) mass is 471 g/mol. The zero-order valence-electron chi connectivity index (χ0n) is 18.9. The first-order chi connectivity index (χ1) is 15.7. The van der Waals surface area contributed by atoms with Crippen LogP contribution in [0.2, 0.25) is 0 Å². The van der Waals surface area contributed by atoms with Crippen LogP contribution < -0.4 is 9.04 Å². The van der Waals surface area contributed by atoms with Crippen LogP contribution in [0.15, 0.2) is 59.5 Å². The van der Waals surface area contributed by atoms with Gasteiger partial charge in [0, 0.05) is 6.04 Å². The molecule has 3 aromatic rings. The van der Waals surface area contributed by atoms with Crippen LogP contribution in [-0.4, -0.2) is 21.6 Å². The molecule has 0 spiro atoms. The van der Waals surface area contributed by atoms with E-state index in [2.05, 4.69) is 0 Å². The molecule has 4 rings (SSSR count). The van der Waals surface area contributed by atoms with Crippen LogP contribution in [0, 0.1) is 25.5 Å². The van der Waals surface area contributed by atoms with Gasteiger partial charge in [0.15, 0.2) is 0 Å². The maximum absolute atomic E-state index is 14.4. The van der Waals surface area contributed by atoms with Gasteiger partial charge in [0.05, 0.1) is 17.7 Å². The molecule has 174 valence electrons. The number of rotatable bonds is 6. The van der Waals surface area contributed by atoms with Crippen molar-refractivity contribution in [3.8, 4) is 5.75 Å². The van der Waals surface area contributed by atoms with Crippen molar-refractivity contribution in [3.63, 3.8) is 0 Å². The summed E-state index contributed by atoms with van der Waals surface area (Å²) < 4.78 is 63.0. The van der Waals surface area contributed by atoms with E-state index in [4.69, 9.17) is 4.74 Å². The highest BCUT2D eigenvalue weighted by Crippen LogP contribution is 2.38. The van der Waals surface area contributed by atoms with Crippen molar-refractivity contribution in [2.45, 2.75) is 50.5 Å². The second-order valence-corrected chi connectivity index (χ2v) is 10.3. The van der Waals surface area contributed by atoms with Gasteiger partial charge in [-0.1, -0.05) is 23.8 Å².